The molecule has 2 rings (SSSR count). The van der Waals surface area contributed by atoms with Crippen molar-refractivity contribution in [2.75, 3.05) is 0 Å². The minimum absolute atomic E-state index is 0.219. The quantitative estimate of drug-likeness (QED) is 0.815. The summed E-state index contributed by atoms with van der Waals surface area (Å²) in [5, 5.41) is 2.92. The molecule has 1 unspecified atom stereocenters. The Bertz CT molecular complexity index is 445. The standard InChI is InChI=1S/C13H18N4OS/c14-12(19)11(9-4-2-1-3-5-9)17-13(18)10-6-15-8-16-7-10/h6-9,11H,1-5H2,(H2,14,19)(H,17,18). The molecule has 1 fully saturated rings. The summed E-state index contributed by atoms with van der Waals surface area (Å²) in [6, 6.07) is -0.233. The molecular weight excluding hydrogens is 260 g/mol. The lowest BCUT2D eigenvalue weighted by atomic mass is 9.83. The summed E-state index contributed by atoms with van der Waals surface area (Å²) in [6.07, 6.45) is 10.1. The Labute approximate surface area is 118 Å². The van der Waals surface area contributed by atoms with Crippen molar-refractivity contribution in [1.82, 2.24) is 15.3 Å². The molecule has 19 heavy (non-hydrogen) atoms. The lowest BCUT2D eigenvalue weighted by molar-refractivity contribution is 0.0931. The molecular formula is C13H18N4OS. The molecule has 1 aromatic heterocycles. The lowest BCUT2D eigenvalue weighted by Crippen LogP contribution is -2.48. The summed E-state index contributed by atoms with van der Waals surface area (Å²) in [6.45, 7) is 0. The average molecular weight is 278 g/mol. The van der Waals surface area contributed by atoms with E-state index in [1.54, 1.807) is 0 Å². The predicted octanol–water partition coefficient (Wildman–Crippen LogP) is 1.44. The van der Waals surface area contributed by atoms with E-state index in [1.807, 2.05) is 0 Å². The van der Waals surface area contributed by atoms with E-state index in [0.29, 0.717) is 16.5 Å². The Morgan fingerprint density at radius 1 is 1.32 bits per heavy atom. The lowest BCUT2D eigenvalue weighted by Gasteiger charge is -2.30. The second-order valence-electron chi connectivity index (χ2n) is 4.88. The molecule has 0 bridgehead atoms. The van der Waals surface area contributed by atoms with Gasteiger partial charge in [-0.1, -0.05) is 31.5 Å². The summed E-state index contributed by atoms with van der Waals surface area (Å²) in [7, 11) is 0. The van der Waals surface area contributed by atoms with Gasteiger partial charge in [-0.2, -0.15) is 0 Å². The van der Waals surface area contributed by atoms with Crippen molar-refractivity contribution in [3.05, 3.63) is 24.3 Å². The number of amides is 1. The highest BCUT2D eigenvalue weighted by Crippen LogP contribution is 2.26. The number of carbonyl (C=O) groups is 1. The molecule has 1 amide bonds. The zero-order valence-electron chi connectivity index (χ0n) is 10.7. The van der Waals surface area contributed by atoms with Crippen LogP contribution in [0.1, 0.15) is 42.5 Å². The molecule has 1 heterocycles. The molecule has 3 N–H and O–H groups in total. The van der Waals surface area contributed by atoms with Crippen molar-refractivity contribution in [3.8, 4) is 0 Å². The van der Waals surface area contributed by atoms with Gasteiger partial charge in [-0.25, -0.2) is 9.97 Å². The van der Waals surface area contributed by atoms with Gasteiger partial charge in [-0.3, -0.25) is 4.79 Å². The Morgan fingerprint density at radius 3 is 2.53 bits per heavy atom. The zero-order valence-corrected chi connectivity index (χ0v) is 11.5. The van der Waals surface area contributed by atoms with Gasteiger partial charge in [0.2, 0.25) is 0 Å². The second kappa shape index (κ2) is 6.56. The van der Waals surface area contributed by atoms with Gasteiger partial charge in [0.25, 0.3) is 5.91 Å². The molecule has 1 atom stereocenters. The van der Waals surface area contributed by atoms with Crippen LogP contribution < -0.4 is 11.1 Å². The molecule has 6 heteroatoms. The molecule has 1 aliphatic carbocycles. The van der Waals surface area contributed by atoms with Crippen LogP contribution in [0, 0.1) is 5.92 Å². The first kappa shape index (κ1) is 13.9. The van der Waals surface area contributed by atoms with Gasteiger partial charge in [0, 0.05) is 12.4 Å². The van der Waals surface area contributed by atoms with E-state index in [0.717, 1.165) is 12.8 Å². The molecule has 0 aliphatic heterocycles. The maximum Gasteiger partial charge on any atom is 0.254 e. The van der Waals surface area contributed by atoms with E-state index in [-0.39, 0.29) is 11.9 Å². The molecule has 1 aromatic rings. The number of carbonyl (C=O) groups excluding carboxylic acids is 1. The summed E-state index contributed by atoms with van der Waals surface area (Å²) >= 11 is 5.10. The Kier molecular flexibility index (Phi) is 4.79. The third-order valence-electron chi connectivity index (χ3n) is 3.54. The topological polar surface area (TPSA) is 80.9 Å². The first-order valence-corrected chi connectivity index (χ1v) is 6.94. The third kappa shape index (κ3) is 3.70. The van der Waals surface area contributed by atoms with E-state index in [1.165, 1.54) is 38.0 Å². The van der Waals surface area contributed by atoms with Crippen molar-refractivity contribution in [2.45, 2.75) is 38.1 Å². The highest BCUT2D eigenvalue weighted by molar-refractivity contribution is 7.80. The van der Waals surface area contributed by atoms with E-state index in [9.17, 15) is 4.79 Å². The van der Waals surface area contributed by atoms with E-state index >= 15 is 0 Å². The monoisotopic (exact) mass is 278 g/mol. The number of hydrogen-bond acceptors (Lipinski definition) is 4. The Balaban J connectivity index is 2.04. The molecule has 1 saturated carbocycles. The Hall–Kier alpha value is -1.56. The van der Waals surface area contributed by atoms with E-state index in [4.69, 9.17) is 18.0 Å². The first-order chi connectivity index (χ1) is 9.18. The van der Waals surface area contributed by atoms with Crippen LogP contribution in [-0.4, -0.2) is 26.9 Å². The highest BCUT2D eigenvalue weighted by atomic mass is 32.1. The highest BCUT2D eigenvalue weighted by Gasteiger charge is 2.27. The van der Waals surface area contributed by atoms with Gasteiger partial charge in [0.15, 0.2) is 0 Å². The van der Waals surface area contributed by atoms with Crippen LogP contribution in [0.3, 0.4) is 0 Å². The van der Waals surface area contributed by atoms with Gasteiger partial charge in [0.1, 0.15) is 6.33 Å². The SMILES string of the molecule is NC(=S)C(NC(=O)c1cncnc1)C1CCCCC1. The minimum Gasteiger partial charge on any atom is -0.392 e. The number of aromatic nitrogens is 2. The molecule has 0 saturated heterocycles. The normalized spacial score (nSPS) is 17.7. The first-order valence-electron chi connectivity index (χ1n) is 6.53. The molecule has 102 valence electrons. The van der Waals surface area contributed by atoms with Crippen molar-refractivity contribution in [2.24, 2.45) is 11.7 Å². The number of nitrogens with zero attached hydrogens (tertiary/aromatic N) is 2. The maximum atomic E-state index is 12.1. The number of nitrogens with two attached hydrogens (primary N) is 1. The van der Waals surface area contributed by atoms with Gasteiger partial charge < -0.3 is 11.1 Å². The maximum absolute atomic E-state index is 12.1. The number of thiocarbonyl (C=S) groups is 1. The molecule has 1 aliphatic rings. The van der Waals surface area contributed by atoms with E-state index < -0.39 is 0 Å². The van der Waals surface area contributed by atoms with Crippen LogP contribution in [0.15, 0.2) is 18.7 Å². The number of rotatable bonds is 4. The molecule has 0 radical (unpaired) electrons. The zero-order chi connectivity index (χ0) is 13.7. The summed E-state index contributed by atoms with van der Waals surface area (Å²) < 4.78 is 0. The van der Waals surface area contributed by atoms with Gasteiger partial charge in [0.05, 0.1) is 16.6 Å². The summed E-state index contributed by atoms with van der Waals surface area (Å²) in [5.41, 5.74) is 6.21. The minimum atomic E-state index is -0.233. The largest absolute Gasteiger partial charge is 0.392 e. The van der Waals surface area contributed by atoms with Crippen LogP contribution in [0.2, 0.25) is 0 Å². The fourth-order valence-electron chi connectivity index (χ4n) is 2.53. The smallest absolute Gasteiger partial charge is 0.254 e. The third-order valence-corrected chi connectivity index (χ3v) is 3.79. The Morgan fingerprint density at radius 2 is 1.95 bits per heavy atom. The second-order valence-corrected chi connectivity index (χ2v) is 5.35. The fourth-order valence-corrected chi connectivity index (χ4v) is 2.78. The average Bonchev–Trinajstić information content (AvgIpc) is 2.46. The van der Waals surface area contributed by atoms with Gasteiger partial charge in [-0.05, 0) is 18.8 Å². The number of nitrogens with one attached hydrogen (secondary N) is 1. The van der Waals surface area contributed by atoms with Gasteiger partial charge >= 0.3 is 0 Å². The van der Waals surface area contributed by atoms with Crippen LogP contribution in [-0.2, 0) is 0 Å². The molecule has 5 nitrogen and oxygen atoms in total. The van der Waals surface area contributed by atoms with Crippen LogP contribution in [0.4, 0.5) is 0 Å². The van der Waals surface area contributed by atoms with Crippen molar-refractivity contribution in [1.29, 1.82) is 0 Å². The summed E-state index contributed by atoms with van der Waals surface area (Å²) in [4.78, 5) is 20.1. The number of hydrogen-bond donors (Lipinski definition) is 2. The van der Waals surface area contributed by atoms with Crippen LogP contribution in [0.25, 0.3) is 0 Å². The predicted molar refractivity (Wildman–Crippen MR) is 76.6 cm³/mol. The van der Waals surface area contributed by atoms with Crippen LogP contribution in [0.5, 0.6) is 0 Å². The summed E-state index contributed by atoms with van der Waals surface area (Å²) in [5.74, 6) is 0.129. The van der Waals surface area contributed by atoms with Crippen molar-refractivity contribution in [3.63, 3.8) is 0 Å². The fraction of sp³-hybridized carbons (Fsp3) is 0.538. The van der Waals surface area contributed by atoms with Crippen LogP contribution >= 0.6 is 12.2 Å². The van der Waals surface area contributed by atoms with Crippen molar-refractivity contribution >= 4 is 23.1 Å². The molecule has 0 aromatic carbocycles. The van der Waals surface area contributed by atoms with E-state index in [2.05, 4.69) is 15.3 Å². The van der Waals surface area contributed by atoms with Gasteiger partial charge in [-0.15, -0.1) is 0 Å². The molecule has 0 spiro atoms. The van der Waals surface area contributed by atoms with Crippen molar-refractivity contribution < 1.29 is 4.79 Å².